The van der Waals surface area contributed by atoms with Crippen molar-refractivity contribution in [2.75, 3.05) is 13.7 Å². The topological polar surface area (TPSA) is 110 Å². The first-order valence-electron chi connectivity index (χ1n) is 11.2. The summed E-state index contributed by atoms with van der Waals surface area (Å²) in [7, 11) is 1.30. The van der Waals surface area contributed by atoms with Crippen LogP contribution in [0.2, 0.25) is 0 Å². The van der Waals surface area contributed by atoms with E-state index in [0.29, 0.717) is 40.1 Å². The van der Waals surface area contributed by atoms with Crippen molar-refractivity contribution in [1.29, 1.82) is 0 Å². The van der Waals surface area contributed by atoms with Gasteiger partial charge in [0.1, 0.15) is 22.6 Å². The second kappa shape index (κ2) is 11.9. The van der Waals surface area contributed by atoms with Crippen LogP contribution in [0.15, 0.2) is 45.7 Å². The fourth-order valence-electron chi connectivity index (χ4n) is 3.72. The molecule has 0 radical (unpaired) electrons. The van der Waals surface area contributed by atoms with Crippen LogP contribution in [0, 0.1) is 19.7 Å². The highest BCUT2D eigenvalue weighted by molar-refractivity contribution is 9.10. The zero-order chi connectivity index (χ0) is 26.4. The van der Waals surface area contributed by atoms with Crippen LogP contribution in [-0.2, 0) is 17.9 Å². The van der Waals surface area contributed by atoms with Crippen LogP contribution < -0.4 is 20.9 Å². The lowest BCUT2D eigenvalue weighted by molar-refractivity contribution is 0.0600. The Balaban J connectivity index is 2.02. The van der Waals surface area contributed by atoms with E-state index in [1.165, 1.54) is 19.2 Å². The van der Waals surface area contributed by atoms with Crippen molar-refractivity contribution >= 4 is 27.9 Å². The van der Waals surface area contributed by atoms with Gasteiger partial charge in [-0.2, -0.15) is 0 Å². The molecule has 0 aliphatic carbocycles. The number of carbonyl (C=O) groups excluding carboxylic acids is 2. The van der Waals surface area contributed by atoms with E-state index in [4.69, 9.17) is 9.47 Å². The lowest BCUT2D eigenvalue weighted by atomic mass is 9.96. The maximum atomic E-state index is 14.0. The first kappa shape index (κ1) is 26.9. The van der Waals surface area contributed by atoms with Gasteiger partial charge in [0.15, 0.2) is 0 Å². The number of benzene rings is 2. The number of hydrogen-bond donors (Lipinski definition) is 3. The van der Waals surface area contributed by atoms with Crippen LogP contribution in [0.3, 0.4) is 0 Å². The number of methoxy groups -OCH3 is 1. The van der Waals surface area contributed by atoms with E-state index in [-0.39, 0.29) is 35.0 Å². The summed E-state index contributed by atoms with van der Waals surface area (Å²) < 4.78 is 25.1. The SMILES string of the molecule is CCNC(=O)NCc1cc(F)ccc1COc1c(-c2cc(C(=O)OC)ccc2C)c(C)[nH]c(=O)c1Br. The summed E-state index contributed by atoms with van der Waals surface area (Å²) in [5.41, 5.74) is 3.79. The van der Waals surface area contributed by atoms with E-state index < -0.39 is 11.8 Å². The zero-order valence-corrected chi connectivity index (χ0v) is 22.0. The minimum Gasteiger partial charge on any atom is -0.487 e. The average Bonchev–Trinajstić information content (AvgIpc) is 2.85. The van der Waals surface area contributed by atoms with Gasteiger partial charge in [0, 0.05) is 24.3 Å². The van der Waals surface area contributed by atoms with Crippen LogP contribution in [0.4, 0.5) is 9.18 Å². The van der Waals surface area contributed by atoms with Crippen LogP contribution in [-0.4, -0.2) is 30.6 Å². The highest BCUT2D eigenvalue weighted by Gasteiger charge is 2.21. The van der Waals surface area contributed by atoms with Gasteiger partial charge < -0.3 is 25.1 Å². The summed E-state index contributed by atoms with van der Waals surface area (Å²) in [4.78, 5) is 39.3. The Kier molecular flexibility index (Phi) is 8.87. The fraction of sp³-hybridized carbons (Fsp3) is 0.269. The summed E-state index contributed by atoms with van der Waals surface area (Å²) in [6.45, 7) is 5.95. The van der Waals surface area contributed by atoms with Gasteiger partial charge in [-0.25, -0.2) is 14.0 Å². The highest BCUT2D eigenvalue weighted by Crippen LogP contribution is 2.39. The quantitative estimate of drug-likeness (QED) is 0.345. The van der Waals surface area contributed by atoms with Crippen molar-refractivity contribution < 1.29 is 23.5 Å². The molecule has 0 bridgehead atoms. The molecule has 190 valence electrons. The maximum Gasteiger partial charge on any atom is 0.337 e. The molecule has 0 fully saturated rings. The lowest BCUT2D eigenvalue weighted by Crippen LogP contribution is -2.35. The largest absolute Gasteiger partial charge is 0.487 e. The summed E-state index contributed by atoms with van der Waals surface area (Å²) in [6.07, 6.45) is 0. The molecule has 1 heterocycles. The molecule has 36 heavy (non-hydrogen) atoms. The highest BCUT2D eigenvalue weighted by atomic mass is 79.9. The summed E-state index contributed by atoms with van der Waals surface area (Å²) in [6, 6.07) is 8.96. The Morgan fingerprint density at radius 1 is 1.08 bits per heavy atom. The van der Waals surface area contributed by atoms with Gasteiger partial charge in [-0.15, -0.1) is 0 Å². The van der Waals surface area contributed by atoms with Gasteiger partial charge in [-0.1, -0.05) is 12.1 Å². The van der Waals surface area contributed by atoms with E-state index in [1.807, 2.05) is 6.92 Å². The van der Waals surface area contributed by atoms with Gasteiger partial charge >= 0.3 is 12.0 Å². The number of aromatic amines is 1. The molecule has 2 aromatic carbocycles. The van der Waals surface area contributed by atoms with Crippen molar-refractivity contribution in [2.45, 2.75) is 33.9 Å². The van der Waals surface area contributed by atoms with Crippen molar-refractivity contribution in [3.63, 3.8) is 0 Å². The molecule has 0 saturated heterocycles. The molecular weight excluding hydrogens is 533 g/mol. The standard InChI is InChI=1S/C26H27BrFN3O5/c1-5-29-26(34)30-12-18-10-19(28)9-8-17(18)13-36-23-21(15(3)31-24(32)22(23)27)20-11-16(25(33)35-4)7-6-14(20)2/h6-11H,5,12-13H2,1-4H3,(H,31,32)(H2,29,30,34). The molecule has 0 aliphatic rings. The molecule has 8 nitrogen and oxygen atoms in total. The molecule has 1 aromatic heterocycles. The van der Waals surface area contributed by atoms with E-state index in [0.717, 1.165) is 5.56 Å². The third kappa shape index (κ3) is 6.12. The van der Waals surface area contributed by atoms with Gasteiger partial charge in [-0.3, -0.25) is 4.79 Å². The number of rotatable bonds is 8. The van der Waals surface area contributed by atoms with Crippen molar-refractivity contribution in [3.8, 4) is 16.9 Å². The predicted octanol–water partition coefficient (Wildman–Crippen LogP) is 4.75. The normalized spacial score (nSPS) is 10.6. The summed E-state index contributed by atoms with van der Waals surface area (Å²) in [5.74, 6) is -0.667. The number of H-pyrrole nitrogens is 1. The van der Waals surface area contributed by atoms with Crippen LogP contribution in [0.5, 0.6) is 5.75 Å². The number of hydrogen-bond acceptors (Lipinski definition) is 5. The predicted molar refractivity (Wildman–Crippen MR) is 138 cm³/mol. The third-order valence-corrected chi connectivity index (χ3v) is 6.27. The molecule has 10 heteroatoms. The van der Waals surface area contributed by atoms with E-state index in [1.54, 1.807) is 38.1 Å². The molecule has 0 atom stereocenters. The number of carbonyl (C=O) groups is 2. The van der Waals surface area contributed by atoms with Gasteiger partial charge in [0.2, 0.25) is 0 Å². The molecular formula is C26H27BrFN3O5. The smallest absolute Gasteiger partial charge is 0.337 e. The summed E-state index contributed by atoms with van der Waals surface area (Å²) in [5, 5.41) is 5.30. The number of amides is 2. The van der Waals surface area contributed by atoms with Crippen molar-refractivity contribution in [2.24, 2.45) is 0 Å². The zero-order valence-electron chi connectivity index (χ0n) is 20.4. The molecule has 2 amide bonds. The minimum atomic E-state index is -0.490. The number of nitrogens with one attached hydrogen (secondary N) is 3. The van der Waals surface area contributed by atoms with Crippen molar-refractivity contribution in [1.82, 2.24) is 15.6 Å². The van der Waals surface area contributed by atoms with E-state index in [9.17, 15) is 18.8 Å². The van der Waals surface area contributed by atoms with Crippen molar-refractivity contribution in [3.05, 3.63) is 85.0 Å². The Bertz CT molecular complexity index is 1360. The molecule has 3 rings (SSSR count). The molecule has 0 saturated carbocycles. The molecule has 3 aromatic rings. The summed E-state index contributed by atoms with van der Waals surface area (Å²) >= 11 is 3.33. The second-order valence-corrected chi connectivity index (χ2v) is 8.83. The number of esters is 1. The molecule has 0 spiro atoms. The lowest BCUT2D eigenvalue weighted by Gasteiger charge is -2.19. The first-order chi connectivity index (χ1) is 17.2. The van der Waals surface area contributed by atoms with Crippen LogP contribution in [0.1, 0.15) is 39.7 Å². The maximum absolute atomic E-state index is 14.0. The monoisotopic (exact) mass is 559 g/mol. The Morgan fingerprint density at radius 3 is 2.53 bits per heavy atom. The Hall–Kier alpha value is -3.66. The van der Waals surface area contributed by atoms with Gasteiger partial charge in [0.25, 0.3) is 5.56 Å². The van der Waals surface area contributed by atoms with Crippen LogP contribution in [0.25, 0.3) is 11.1 Å². The second-order valence-electron chi connectivity index (χ2n) is 8.03. The average molecular weight is 560 g/mol. The number of ether oxygens (including phenoxy) is 2. The number of aromatic nitrogens is 1. The van der Waals surface area contributed by atoms with Gasteiger partial charge in [-0.05, 0) is 83.2 Å². The number of halogens is 2. The van der Waals surface area contributed by atoms with E-state index in [2.05, 4.69) is 31.5 Å². The fourth-order valence-corrected chi connectivity index (χ4v) is 4.13. The number of pyridine rings is 1. The Labute approximate surface area is 216 Å². The minimum absolute atomic E-state index is 0.00305. The van der Waals surface area contributed by atoms with Crippen LogP contribution >= 0.6 is 15.9 Å². The third-order valence-electron chi connectivity index (χ3n) is 5.55. The molecule has 0 aliphatic heterocycles. The van der Waals surface area contributed by atoms with Gasteiger partial charge in [0.05, 0.1) is 12.7 Å². The first-order valence-corrected chi connectivity index (χ1v) is 12.0. The van der Waals surface area contributed by atoms with E-state index >= 15 is 0 Å². The number of urea groups is 1. The molecule has 0 unspecified atom stereocenters. The molecule has 3 N–H and O–H groups in total. The number of aryl methyl sites for hydroxylation is 2. The Morgan fingerprint density at radius 2 is 1.83 bits per heavy atom.